The van der Waals surface area contributed by atoms with Crippen LogP contribution in [0.1, 0.15) is 11.1 Å². The molecule has 0 fully saturated rings. The van der Waals surface area contributed by atoms with Gasteiger partial charge in [-0.15, -0.1) is 0 Å². The number of benzene rings is 1. The number of anilines is 1. The predicted octanol–water partition coefficient (Wildman–Crippen LogP) is 3.08. The summed E-state index contributed by atoms with van der Waals surface area (Å²) in [5.74, 6) is 1.13. The van der Waals surface area contributed by atoms with Crippen LogP contribution >= 0.6 is 15.9 Å². The number of hydrogen-bond donors (Lipinski definition) is 0. The molecule has 20 heavy (non-hydrogen) atoms. The van der Waals surface area contributed by atoms with E-state index in [1.165, 1.54) is 5.56 Å². The molecule has 1 aromatic heterocycles. The fourth-order valence-corrected chi connectivity index (χ4v) is 2.52. The minimum atomic E-state index is -0.0752. The molecule has 1 aromatic carbocycles. The zero-order valence-electron chi connectivity index (χ0n) is 11.0. The van der Waals surface area contributed by atoms with Gasteiger partial charge >= 0.3 is 0 Å². The van der Waals surface area contributed by atoms with Gasteiger partial charge in [0.15, 0.2) is 18.2 Å². The molecule has 0 N–H and O–H groups in total. The molecule has 0 spiro atoms. The zero-order chi connectivity index (χ0) is 14.1. The second-order valence-corrected chi connectivity index (χ2v) is 5.65. The van der Waals surface area contributed by atoms with Crippen LogP contribution in [-0.4, -0.2) is 17.5 Å². The number of carbonyl (C=O) groups excluding carboxylic acids is 1. The van der Waals surface area contributed by atoms with E-state index in [-0.39, 0.29) is 12.5 Å². The summed E-state index contributed by atoms with van der Waals surface area (Å²) in [6.45, 7) is 2.59. The molecule has 2 aromatic rings. The highest BCUT2D eigenvalue weighted by atomic mass is 79.9. The van der Waals surface area contributed by atoms with Crippen LogP contribution in [0.15, 0.2) is 41.0 Å². The van der Waals surface area contributed by atoms with Crippen molar-refractivity contribution in [3.63, 3.8) is 0 Å². The van der Waals surface area contributed by atoms with E-state index in [0.29, 0.717) is 18.1 Å². The molecule has 1 amide bonds. The molecule has 0 bridgehead atoms. The highest BCUT2D eigenvalue weighted by Gasteiger charge is 2.27. The summed E-state index contributed by atoms with van der Waals surface area (Å²) in [4.78, 5) is 18.0. The minimum absolute atomic E-state index is 0.0525. The van der Waals surface area contributed by atoms with Gasteiger partial charge in [-0.3, -0.25) is 9.69 Å². The maximum atomic E-state index is 12.1. The number of aromatic nitrogens is 1. The van der Waals surface area contributed by atoms with Gasteiger partial charge in [0.25, 0.3) is 5.91 Å². The van der Waals surface area contributed by atoms with Gasteiger partial charge in [-0.2, -0.15) is 0 Å². The summed E-state index contributed by atoms with van der Waals surface area (Å²) >= 11 is 3.36. The lowest BCUT2D eigenvalue weighted by Gasteiger charge is -2.28. The third-order valence-electron chi connectivity index (χ3n) is 3.13. The Morgan fingerprint density at radius 3 is 3.05 bits per heavy atom. The first-order chi connectivity index (χ1) is 9.63. The first-order valence-corrected chi connectivity index (χ1v) is 7.07. The van der Waals surface area contributed by atoms with Gasteiger partial charge in [0.2, 0.25) is 0 Å². The fraction of sp³-hybridized carbons (Fsp3) is 0.200. The molecular formula is C15H13BrN2O2. The van der Waals surface area contributed by atoms with Crippen molar-refractivity contribution in [1.82, 2.24) is 4.98 Å². The smallest absolute Gasteiger partial charge is 0.266 e. The van der Waals surface area contributed by atoms with E-state index in [1.54, 1.807) is 11.1 Å². The van der Waals surface area contributed by atoms with E-state index in [4.69, 9.17) is 4.74 Å². The van der Waals surface area contributed by atoms with Crippen LogP contribution in [0, 0.1) is 6.92 Å². The summed E-state index contributed by atoms with van der Waals surface area (Å²) < 4.78 is 6.26. The standard InChI is InChI=1S/C15H13BrN2O2/c1-10-3-2-4-11(5-10)8-18-14(19)9-20-13-6-12(16)7-17-15(13)18/h2-7H,8-9H2,1H3. The number of nitrogens with zero attached hydrogens (tertiary/aromatic N) is 2. The van der Waals surface area contributed by atoms with Crippen LogP contribution in [0.5, 0.6) is 5.75 Å². The summed E-state index contributed by atoms with van der Waals surface area (Å²) in [7, 11) is 0. The molecule has 0 unspecified atom stereocenters. The maximum absolute atomic E-state index is 12.1. The Hall–Kier alpha value is -1.88. The van der Waals surface area contributed by atoms with Crippen molar-refractivity contribution in [2.45, 2.75) is 13.5 Å². The SMILES string of the molecule is Cc1cccc(CN2C(=O)COc3cc(Br)cnc32)c1. The van der Waals surface area contributed by atoms with Gasteiger partial charge in [-0.25, -0.2) is 4.98 Å². The van der Waals surface area contributed by atoms with E-state index in [2.05, 4.69) is 27.0 Å². The largest absolute Gasteiger partial charge is 0.480 e. The third-order valence-corrected chi connectivity index (χ3v) is 3.56. The topological polar surface area (TPSA) is 42.4 Å². The lowest BCUT2D eigenvalue weighted by molar-refractivity contribution is -0.121. The van der Waals surface area contributed by atoms with E-state index in [1.807, 2.05) is 31.2 Å². The van der Waals surface area contributed by atoms with Gasteiger partial charge in [0.05, 0.1) is 6.54 Å². The molecule has 1 aliphatic heterocycles. The normalized spacial score (nSPS) is 13.9. The second kappa shape index (κ2) is 5.25. The number of aryl methyl sites for hydroxylation is 1. The molecule has 5 heteroatoms. The number of hydrogen-bond acceptors (Lipinski definition) is 3. The quantitative estimate of drug-likeness (QED) is 0.848. The van der Waals surface area contributed by atoms with Crippen LogP contribution in [0.3, 0.4) is 0 Å². The van der Waals surface area contributed by atoms with Crippen LogP contribution in [0.4, 0.5) is 5.82 Å². The lowest BCUT2D eigenvalue weighted by atomic mass is 10.1. The first kappa shape index (κ1) is 13.1. The number of amides is 1. The Morgan fingerprint density at radius 2 is 2.25 bits per heavy atom. The third kappa shape index (κ3) is 2.54. The molecule has 0 radical (unpaired) electrons. The van der Waals surface area contributed by atoms with Gasteiger partial charge < -0.3 is 4.74 Å². The molecule has 3 rings (SSSR count). The minimum Gasteiger partial charge on any atom is -0.480 e. The summed E-state index contributed by atoms with van der Waals surface area (Å²) in [5, 5.41) is 0. The number of ether oxygens (including phenoxy) is 1. The first-order valence-electron chi connectivity index (χ1n) is 6.28. The maximum Gasteiger partial charge on any atom is 0.266 e. The summed E-state index contributed by atoms with van der Waals surface area (Å²) in [5.41, 5.74) is 2.25. The Balaban J connectivity index is 1.95. The number of pyridine rings is 1. The van der Waals surface area contributed by atoms with Crippen LogP contribution in [0.2, 0.25) is 0 Å². The molecule has 102 valence electrons. The highest BCUT2D eigenvalue weighted by Crippen LogP contribution is 2.32. The zero-order valence-corrected chi connectivity index (χ0v) is 12.6. The Morgan fingerprint density at radius 1 is 1.40 bits per heavy atom. The van der Waals surface area contributed by atoms with E-state index < -0.39 is 0 Å². The molecule has 1 aliphatic rings. The average Bonchev–Trinajstić information content (AvgIpc) is 2.42. The van der Waals surface area contributed by atoms with Crippen molar-refractivity contribution < 1.29 is 9.53 Å². The Bertz CT molecular complexity index is 673. The van der Waals surface area contributed by atoms with Crippen molar-refractivity contribution in [2.75, 3.05) is 11.5 Å². The van der Waals surface area contributed by atoms with Crippen molar-refractivity contribution in [3.05, 3.63) is 52.1 Å². The Kier molecular flexibility index (Phi) is 3.44. The van der Waals surface area contributed by atoms with E-state index in [0.717, 1.165) is 10.0 Å². The molecule has 0 saturated carbocycles. The fourth-order valence-electron chi connectivity index (χ4n) is 2.21. The van der Waals surface area contributed by atoms with Gasteiger partial charge in [0, 0.05) is 10.7 Å². The van der Waals surface area contributed by atoms with Gasteiger partial charge in [-0.05, 0) is 34.5 Å². The molecular weight excluding hydrogens is 320 g/mol. The van der Waals surface area contributed by atoms with Crippen LogP contribution in [-0.2, 0) is 11.3 Å². The van der Waals surface area contributed by atoms with Gasteiger partial charge in [0.1, 0.15) is 0 Å². The number of carbonyl (C=O) groups is 1. The molecule has 4 nitrogen and oxygen atoms in total. The number of fused-ring (bicyclic) bond motifs is 1. The van der Waals surface area contributed by atoms with E-state index >= 15 is 0 Å². The average molecular weight is 333 g/mol. The number of halogens is 1. The molecule has 0 saturated heterocycles. The van der Waals surface area contributed by atoms with Crippen molar-refractivity contribution in [3.8, 4) is 5.75 Å². The summed E-state index contributed by atoms with van der Waals surface area (Å²) in [6, 6.07) is 9.94. The van der Waals surface area contributed by atoms with Crippen LogP contribution in [0.25, 0.3) is 0 Å². The molecule has 2 heterocycles. The predicted molar refractivity (Wildman–Crippen MR) is 79.8 cm³/mol. The summed E-state index contributed by atoms with van der Waals surface area (Å²) in [6.07, 6.45) is 1.67. The lowest BCUT2D eigenvalue weighted by Crippen LogP contribution is -2.38. The number of rotatable bonds is 2. The molecule has 0 aliphatic carbocycles. The Labute approximate surface area is 125 Å². The van der Waals surface area contributed by atoms with Crippen molar-refractivity contribution in [1.29, 1.82) is 0 Å². The molecule has 0 atom stereocenters. The monoisotopic (exact) mass is 332 g/mol. The highest BCUT2D eigenvalue weighted by molar-refractivity contribution is 9.10. The van der Waals surface area contributed by atoms with Crippen molar-refractivity contribution >= 4 is 27.7 Å². The van der Waals surface area contributed by atoms with Crippen molar-refractivity contribution in [2.24, 2.45) is 0 Å². The second-order valence-electron chi connectivity index (χ2n) is 4.73. The van der Waals surface area contributed by atoms with E-state index in [9.17, 15) is 4.79 Å². The van der Waals surface area contributed by atoms with Gasteiger partial charge in [-0.1, -0.05) is 29.8 Å². The van der Waals surface area contributed by atoms with Crippen LogP contribution < -0.4 is 9.64 Å².